The Kier molecular flexibility index (Phi) is 7.58. The number of rotatable bonds is 8. The van der Waals surface area contributed by atoms with Gasteiger partial charge < -0.3 is 14.4 Å². The molecule has 9 heteroatoms. The average Bonchev–Trinajstić information content (AvgIpc) is 3.52. The molecule has 2 N–H and O–H groups in total. The van der Waals surface area contributed by atoms with E-state index in [-0.39, 0.29) is 10.1 Å². The lowest BCUT2D eigenvalue weighted by Crippen LogP contribution is -2.00. The van der Waals surface area contributed by atoms with Crippen molar-refractivity contribution >= 4 is 35.4 Å². The Morgan fingerprint density at radius 1 is 1.03 bits per heavy atom. The Balaban J connectivity index is 1.42. The fourth-order valence-electron chi connectivity index (χ4n) is 4.42. The second kappa shape index (κ2) is 11.2. The number of carboxylic acid groups (broad SMARTS) is 1. The molecule has 2 heterocycles. The largest absolute Gasteiger partial charge is 0.496 e. The molecule has 196 valence electrons. The zero-order valence-corrected chi connectivity index (χ0v) is 23.0. The molecule has 0 saturated heterocycles. The summed E-state index contributed by atoms with van der Waals surface area (Å²) in [4.78, 5) is 16.7. The summed E-state index contributed by atoms with van der Waals surface area (Å²) in [7, 11) is 1.55. The molecule has 0 spiro atoms. The van der Waals surface area contributed by atoms with Gasteiger partial charge in [0, 0.05) is 22.1 Å². The maximum atomic E-state index is 12.2. The summed E-state index contributed by atoms with van der Waals surface area (Å²) >= 11 is 7.11. The zero-order chi connectivity index (χ0) is 27.5. The number of H-pyrrole nitrogens is 1. The normalized spacial score (nSPS) is 11.5. The van der Waals surface area contributed by atoms with Crippen LogP contribution in [0.2, 0.25) is 5.02 Å². The highest BCUT2D eigenvalue weighted by Gasteiger charge is 2.18. The molecular formula is C30H25ClN4O3S. The number of hydrogen-bond acceptors (Lipinski definition) is 5. The summed E-state index contributed by atoms with van der Waals surface area (Å²) in [6, 6.07) is 25.7. The summed E-state index contributed by atoms with van der Waals surface area (Å²) < 4.78 is 7.51. The van der Waals surface area contributed by atoms with E-state index in [1.165, 1.54) is 0 Å². The number of aromatic amines is 1. The number of aliphatic carboxylic acids is 1. The van der Waals surface area contributed by atoms with Crippen molar-refractivity contribution in [2.75, 3.05) is 7.11 Å². The lowest BCUT2D eigenvalue weighted by atomic mass is 10.1. The molecule has 3 aromatic carbocycles. The van der Waals surface area contributed by atoms with Gasteiger partial charge in [-0.1, -0.05) is 54.1 Å². The van der Waals surface area contributed by atoms with E-state index in [9.17, 15) is 9.90 Å². The van der Waals surface area contributed by atoms with Crippen molar-refractivity contribution in [3.8, 4) is 34.0 Å². The third-order valence-corrected chi connectivity index (χ3v) is 7.40. The number of carboxylic acids is 1. The lowest BCUT2D eigenvalue weighted by Gasteiger charge is -2.11. The number of halogens is 1. The van der Waals surface area contributed by atoms with Crippen molar-refractivity contribution in [2.24, 2.45) is 0 Å². The van der Waals surface area contributed by atoms with Gasteiger partial charge in [0.05, 0.1) is 12.7 Å². The van der Waals surface area contributed by atoms with E-state index in [0.29, 0.717) is 22.2 Å². The van der Waals surface area contributed by atoms with E-state index >= 15 is 0 Å². The molecule has 0 bridgehead atoms. The van der Waals surface area contributed by atoms with Crippen LogP contribution >= 0.6 is 23.4 Å². The van der Waals surface area contributed by atoms with Gasteiger partial charge in [0.15, 0.2) is 5.82 Å². The molecule has 0 radical (unpaired) electrons. The molecule has 2 aromatic heterocycles. The Morgan fingerprint density at radius 2 is 1.74 bits per heavy atom. The smallest absolute Gasteiger partial charge is 0.342 e. The van der Waals surface area contributed by atoms with Crippen molar-refractivity contribution in [3.05, 3.63) is 106 Å². The molecule has 0 atom stereocenters. The van der Waals surface area contributed by atoms with Crippen LogP contribution in [0, 0.1) is 13.8 Å². The number of methoxy groups -OCH3 is 1. The fraction of sp³-hybridized carbons (Fsp3) is 0.100. The van der Waals surface area contributed by atoms with Crippen LogP contribution in [0.25, 0.3) is 34.3 Å². The van der Waals surface area contributed by atoms with Crippen molar-refractivity contribution in [2.45, 2.75) is 19.0 Å². The van der Waals surface area contributed by atoms with Crippen LogP contribution in [0.1, 0.15) is 17.0 Å². The van der Waals surface area contributed by atoms with E-state index in [4.69, 9.17) is 16.3 Å². The van der Waals surface area contributed by atoms with Crippen LogP contribution in [0.4, 0.5) is 0 Å². The van der Waals surface area contributed by atoms with Crippen LogP contribution < -0.4 is 4.74 Å². The minimum Gasteiger partial charge on any atom is -0.496 e. The van der Waals surface area contributed by atoms with E-state index in [1.807, 2.05) is 38.1 Å². The molecule has 5 aromatic rings. The van der Waals surface area contributed by atoms with Gasteiger partial charge in [-0.05, 0) is 84.8 Å². The van der Waals surface area contributed by atoms with Crippen LogP contribution in [-0.2, 0) is 4.79 Å². The number of nitrogens with one attached hydrogen (secondary N) is 1. The first-order valence-electron chi connectivity index (χ1n) is 12.1. The van der Waals surface area contributed by atoms with E-state index in [1.54, 1.807) is 31.4 Å². The van der Waals surface area contributed by atoms with E-state index in [0.717, 1.165) is 45.5 Å². The first-order chi connectivity index (χ1) is 18.8. The van der Waals surface area contributed by atoms with Crippen molar-refractivity contribution in [1.82, 2.24) is 19.7 Å². The van der Waals surface area contributed by atoms with Crippen molar-refractivity contribution in [3.63, 3.8) is 0 Å². The molecule has 39 heavy (non-hydrogen) atoms. The quantitative estimate of drug-likeness (QED) is 0.152. The van der Waals surface area contributed by atoms with Crippen LogP contribution in [0.3, 0.4) is 0 Å². The summed E-state index contributed by atoms with van der Waals surface area (Å²) in [6.07, 6.45) is 1.65. The van der Waals surface area contributed by atoms with Gasteiger partial charge >= 0.3 is 5.97 Å². The number of ether oxygens (including phenoxy) is 1. The zero-order valence-electron chi connectivity index (χ0n) is 21.5. The molecule has 5 rings (SSSR count). The number of thioether (sulfide) groups is 1. The Morgan fingerprint density at radius 3 is 2.44 bits per heavy atom. The second-order valence-electron chi connectivity index (χ2n) is 8.80. The van der Waals surface area contributed by atoms with Gasteiger partial charge in [0.1, 0.15) is 10.7 Å². The molecule has 0 unspecified atom stereocenters. The highest BCUT2D eigenvalue weighted by molar-refractivity contribution is 8.04. The van der Waals surface area contributed by atoms with Gasteiger partial charge in [-0.15, -0.1) is 5.10 Å². The number of hydrogen-bond donors (Lipinski definition) is 2. The SMILES string of the molecule is COc1ccc(Cl)cc1-c1nc(S/C(=C\c2cc(C)n(-c3ccc(-c4ccccc4)cc3)c2C)C(=O)O)n[nH]1. The summed E-state index contributed by atoms with van der Waals surface area (Å²) in [5, 5.41) is 17.8. The maximum absolute atomic E-state index is 12.2. The van der Waals surface area contributed by atoms with Crippen molar-refractivity contribution in [1.29, 1.82) is 0 Å². The third kappa shape index (κ3) is 5.62. The summed E-state index contributed by atoms with van der Waals surface area (Å²) in [5.41, 5.74) is 6.65. The predicted octanol–water partition coefficient (Wildman–Crippen LogP) is 7.43. The maximum Gasteiger partial charge on any atom is 0.342 e. The van der Waals surface area contributed by atoms with Gasteiger partial charge in [0.2, 0.25) is 5.16 Å². The average molecular weight is 557 g/mol. The van der Waals surface area contributed by atoms with Gasteiger partial charge in [0.25, 0.3) is 0 Å². The monoisotopic (exact) mass is 556 g/mol. The second-order valence-corrected chi connectivity index (χ2v) is 10.2. The van der Waals surface area contributed by atoms with Crippen LogP contribution in [0.15, 0.2) is 88.9 Å². The molecular weight excluding hydrogens is 532 g/mol. The number of aromatic nitrogens is 4. The van der Waals surface area contributed by atoms with E-state index in [2.05, 4.69) is 56.1 Å². The topological polar surface area (TPSA) is 93.0 Å². The molecule has 0 aliphatic heterocycles. The molecule has 0 saturated carbocycles. The van der Waals surface area contributed by atoms with E-state index < -0.39 is 5.97 Å². The van der Waals surface area contributed by atoms with Gasteiger partial charge in [-0.2, -0.15) is 0 Å². The van der Waals surface area contributed by atoms with Gasteiger partial charge in [-0.3, -0.25) is 5.10 Å². The highest BCUT2D eigenvalue weighted by atomic mass is 35.5. The number of benzene rings is 3. The minimum atomic E-state index is -1.07. The molecule has 7 nitrogen and oxygen atoms in total. The Labute approximate surface area is 235 Å². The number of aryl methyl sites for hydroxylation is 1. The lowest BCUT2D eigenvalue weighted by molar-refractivity contribution is -0.131. The number of carbonyl (C=O) groups is 1. The summed E-state index contributed by atoms with van der Waals surface area (Å²) in [6.45, 7) is 3.98. The molecule has 0 aliphatic rings. The standard InChI is InChI=1S/C30H25ClN4O3S/c1-18-15-22(19(2)35(18)24-12-9-21(10-13-24)20-7-5-4-6-8-20)16-27(29(36)37)39-30-32-28(33-34-30)25-17-23(31)11-14-26(25)38-3/h4-17H,1-3H3,(H,36,37)(H,32,33,34)/b27-16-. The first kappa shape index (κ1) is 26.3. The predicted molar refractivity (Wildman–Crippen MR) is 156 cm³/mol. The Hall–Kier alpha value is -4.27. The molecule has 0 aliphatic carbocycles. The Bertz CT molecular complexity index is 1670. The van der Waals surface area contributed by atoms with Gasteiger partial charge in [-0.25, -0.2) is 9.78 Å². The highest BCUT2D eigenvalue weighted by Crippen LogP contribution is 2.34. The van der Waals surface area contributed by atoms with Crippen LogP contribution in [-0.4, -0.2) is 37.9 Å². The molecule has 0 amide bonds. The minimum absolute atomic E-state index is 0.0956. The van der Waals surface area contributed by atoms with Crippen LogP contribution in [0.5, 0.6) is 5.75 Å². The third-order valence-electron chi connectivity index (χ3n) is 6.28. The number of nitrogens with zero attached hydrogens (tertiary/aromatic N) is 3. The molecule has 0 fully saturated rings. The first-order valence-corrected chi connectivity index (χ1v) is 13.3. The fourth-order valence-corrected chi connectivity index (χ4v) is 5.29. The van der Waals surface area contributed by atoms with Crippen molar-refractivity contribution < 1.29 is 14.6 Å². The summed E-state index contributed by atoms with van der Waals surface area (Å²) in [5.74, 6) is -0.0623.